The molecule has 4 rings (SSSR count). The maximum absolute atomic E-state index is 6.68. The summed E-state index contributed by atoms with van der Waals surface area (Å²) in [5, 5.41) is 0. The summed E-state index contributed by atoms with van der Waals surface area (Å²) in [6.45, 7) is 6.76. The van der Waals surface area contributed by atoms with E-state index in [0.717, 1.165) is 6.42 Å². The van der Waals surface area contributed by atoms with E-state index in [1.54, 1.807) is 0 Å². The molecule has 0 unspecified atom stereocenters. The first-order chi connectivity index (χ1) is 14.1. The van der Waals surface area contributed by atoms with Crippen molar-refractivity contribution in [3.63, 3.8) is 0 Å². The van der Waals surface area contributed by atoms with Gasteiger partial charge < -0.3 is 24.8 Å². The maximum Gasteiger partial charge on any atom is -1.00 e. The predicted molar refractivity (Wildman–Crippen MR) is 117 cm³/mol. The molecule has 3 aromatic carbocycles. The molecular formula is C27H26Cl2OTi. The van der Waals surface area contributed by atoms with Crippen molar-refractivity contribution in [1.29, 1.82) is 0 Å². The number of hydrogen-bond donors (Lipinski definition) is 0. The van der Waals surface area contributed by atoms with Gasteiger partial charge in [-0.05, 0) is 0 Å². The standard InChI is InChI=1S/C14H15.C13H11O.2ClH.Ti/c1-10-9-14(12(3)11(10)2)13-7-5-4-6-8-13;14-13(11-7-3-1-4-8-11)12-9-5-2-6-10-12;;;/h4-7H,9H2,1-3H3;1-10,13H;2*1H;/q;-1;;;+3/p-2. The minimum Gasteiger partial charge on any atom is -1.00 e. The molecule has 158 valence electrons. The molecular weight excluding hydrogens is 459 g/mol. The van der Waals surface area contributed by atoms with Gasteiger partial charge >= 0.3 is 184 Å². The molecule has 0 bridgehead atoms. The molecule has 0 saturated carbocycles. The molecule has 0 aliphatic heterocycles. The van der Waals surface area contributed by atoms with Crippen molar-refractivity contribution >= 4 is 9.44 Å². The molecule has 0 saturated heterocycles. The van der Waals surface area contributed by atoms with Crippen LogP contribution in [0.4, 0.5) is 0 Å². The van der Waals surface area contributed by atoms with E-state index in [2.05, 4.69) is 106 Å². The molecule has 1 nitrogen and oxygen atoms in total. The van der Waals surface area contributed by atoms with Crippen LogP contribution in [0.15, 0.2) is 102 Å². The molecule has 1 aliphatic rings. The second kappa shape index (κ2) is 11.9. The molecule has 0 aromatic heterocycles. The Morgan fingerprint density at radius 2 is 1.19 bits per heavy atom. The van der Waals surface area contributed by atoms with E-state index in [9.17, 15) is 0 Å². The monoisotopic (exact) mass is 484 g/mol. The molecule has 0 N–H and O–H groups in total. The van der Waals surface area contributed by atoms with Crippen LogP contribution < -0.4 is 28.7 Å². The van der Waals surface area contributed by atoms with Crippen LogP contribution in [-0.4, -0.2) is 0 Å². The number of allylic oxidation sites excluding steroid dienone is 4. The molecule has 1 aliphatic carbocycles. The van der Waals surface area contributed by atoms with Gasteiger partial charge in [-0.1, -0.05) is 0 Å². The summed E-state index contributed by atoms with van der Waals surface area (Å²) in [6.07, 6.45) is 1.03. The first-order valence-corrected chi connectivity index (χ1v) is 11.5. The molecule has 0 atom stereocenters. The Kier molecular flexibility index (Phi) is 9.81. The topological polar surface area (TPSA) is 9.23 Å². The predicted octanol–water partition coefficient (Wildman–Crippen LogP) is 0.637. The largest absolute Gasteiger partial charge is 1.00 e. The molecule has 31 heavy (non-hydrogen) atoms. The number of rotatable bonds is 6. The van der Waals surface area contributed by atoms with E-state index >= 15 is 0 Å². The van der Waals surface area contributed by atoms with Crippen LogP contribution in [0.2, 0.25) is 0 Å². The Balaban J connectivity index is 0.00000171. The molecule has 0 radical (unpaired) electrons. The summed E-state index contributed by atoms with van der Waals surface area (Å²) in [5.41, 5.74) is 9.64. The van der Waals surface area contributed by atoms with Crippen molar-refractivity contribution < 1.29 is 47.7 Å². The molecule has 0 heterocycles. The van der Waals surface area contributed by atoms with Gasteiger partial charge in [-0.15, -0.1) is 0 Å². The van der Waals surface area contributed by atoms with Crippen LogP contribution in [0.3, 0.4) is 0 Å². The Bertz CT molecular complexity index is 1020. The first-order valence-electron chi connectivity index (χ1n) is 10.1. The van der Waals surface area contributed by atoms with E-state index in [0.29, 0.717) is 0 Å². The van der Waals surface area contributed by atoms with Crippen molar-refractivity contribution in [2.75, 3.05) is 0 Å². The van der Waals surface area contributed by atoms with Crippen molar-refractivity contribution in [2.24, 2.45) is 0 Å². The Morgan fingerprint density at radius 1 is 0.677 bits per heavy atom. The van der Waals surface area contributed by atoms with Gasteiger partial charge in [-0.2, -0.15) is 0 Å². The summed E-state index contributed by atoms with van der Waals surface area (Å²) in [5.74, 6) is 0. The van der Waals surface area contributed by atoms with Gasteiger partial charge in [0.2, 0.25) is 0 Å². The fourth-order valence-corrected chi connectivity index (χ4v) is 5.52. The molecule has 0 fully saturated rings. The van der Waals surface area contributed by atoms with Crippen LogP contribution in [0.5, 0.6) is 0 Å². The number of benzene rings is 3. The third kappa shape index (κ3) is 5.80. The third-order valence-corrected chi connectivity index (χ3v) is 7.42. The summed E-state index contributed by atoms with van der Waals surface area (Å²) in [7, 11) is 0. The van der Waals surface area contributed by atoms with Crippen molar-refractivity contribution in [3.05, 3.63) is 118 Å². The van der Waals surface area contributed by atoms with Crippen LogP contribution in [-0.2, 0) is 22.9 Å². The van der Waals surface area contributed by atoms with Crippen molar-refractivity contribution in [1.82, 2.24) is 0 Å². The minimum absolute atomic E-state index is 0. The van der Waals surface area contributed by atoms with E-state index in [1.165, 1.54) is 42.9 Å². The van der Waals surface area contributed by atoms with Crippen LogP contribution >= 0.6 is 0 Å². The summed E-state index contributed by atoms with van der Waals surface area (Å²) >= 11 is -0.768. The maximum atomic E-state index is 6.68. The Labute approximate surface area is 207 Å². The quantitative estimate of drug-likeness (QED) is 0.466. The fourth-order valence-electron chi connectivity index (χ4n) is 3.92. The van der Waals surface area contributed by atoms with Crippen LogP contribution in [0.1, 0.15) is 50.0 Å². The van der Waals surface area contributed by atoms with Gasteiger partial charge in [0.05, 0.1) is 0 Å². The van der Waals surface area contributed by atoms with Gasteiger partial charge in [0.1, 0.15) is 0 Å². The molecule has 0 amide bonds. The van der Waals surface area contributed by atoms with Crippen LogP contribution in [0, 0.1) is 0 Å². The number of halogens is 2. The normalized spacial score (nSPS) is 13.0. The fraction of sp³-hybridized carbons (Fsp3) is 0.185. The summed E-state index contributed by atoms with van der Waals surface area (Å²) in [6, 6.07) is 30.0. The third-order valence-electron chi connectivity index (χ3n) is 5.84. The zero-order valence-corrected chi connectivity index (χ0v) is 21.1. The van der Waals surface area contributed by atoms with Gasteiger partial charge in [0, 0.05) is 0 Å². The van der Waals surface area contributed by atoms with Crippen LogP contribution in [0.25, 0.3) is 5.57 Å². The number of hydrogen-bond acceptors (Lipinski definition) is 1. The zero-order chi connectivity index (χ0) is 20.2. The average Bonchev–Trinajstić information content (AvgIpc) is 3.03. The van der Waals surface area contributed by atoms with Gasteiger partial charge in [0.15, 0.2) is 0 Å². The Morgan fingerprint density at radius 3 is 1.71 bits per heavy atom. The smallest absolute Gasteiger partial charge is 1.00 e. The second-order valence-corrected chi connectivity index (χ2v) is 9.18. The summed E-state index contributed by atoms with van der Waals surface area (Å²) < 4.78 is 8.05. The van der Waals surface area contributed by atoms with Gasteiger partial charge in [0.25, 0.3) is 0 Å². The van der Waals surface area contributed by atoms with E-state index in [4.69, 9.17) is 3.32 Å². The second-order valence-electron chi connectivity index (χ2n) is 7.65. The molecule has 4 heteroatoms. The van der Waals surface area contributed by atoms with Gasteiger partial charge in [-0.3, -0.25) is 0 Å². The summed E-state index contributed by atoms with van der Waals surface area (Å²) in [4.78, 5) is 0. The van der Waals surface area contributed by atoms with E-state index in [-0.39, 0.29) is 30.9 Å². The average molecular weight is 485 g/mol. The van der Waals surface area contributed by atoms with Crippen molar-refractivity contribution in [3.8, 4) is 0 Å². The van der Waals surface area contributed by atoms with E-state index < -0.39 is 19.5 Å². The molecule has 0 spiro atoms. The molecule has 3 aromatic rings. The zero-order valence-electron chi connectivity index (χ0n) is 18.0. The minimum atomic E-state index is -0.768. The van der Waals surface area contributed by atoms with Gasteiger partial charge in [-0.25, -0.2) is 0 Å². The van der Waals surface area contributed by atoms with Crippen molar-refractivity contribution in [2.45, 2.75) is 33.3 Å². The first kappa shape index (κ1) is 25.7. The Hall–Kier alpha value is -1.61. The SMILES string of the molecule is CC1=C(C)C(C)=C(c2cccc[c]2[Ti+2][O]C(c2ccccc2)c2ccccc2)C1.[Cl-].[Cl-]. The van der Waals surface area contributed by atoms with E-state index in [1.807, 2.05) is 0 Å².